The molecule has 0 aliphatic rings. The Labute approximate surface area is 159 Å². The highest BCUT2D eigenvalue weighted by Crippen LogP contribution is 2.29. The molecule has 0 aromatic heterocycles. The van der Waals surface area contributed by atoms with Crippen molar-refractivity contribution in [2.45, 2.75) is 17.6 Å². The van der Waals surface area contributed by atoms with E-state index in [1.54, 1.807) is 0 Å². The molecular formula is C17H16ClF3N2O3S. The predicted octanol–water partition coefficient (Wildman–Crippen LogP) is 3.30. The lowest BCUT2D eigenvalue weighted by atomic mass is 10.1. The third-order valence-corrected chi connectivity index (χ3v) is 5.70. The molecule has 10 heteroatoms. The van der Waals surface area contributed by atoms with E-state index in [9.17, 15) is 26.4 Å². The van der Waals surface area contributed by atoms with Crippen LogP contribution < -0.4 is 5.32 Å². The van der Waals surface area contributed by atoms with Crippen molar-refractivity contribution in [2.24, 2.45) is 0 Å². The second kappa shape index (κ2) is 8.28. The highest BCUT2D eigenvalue weighted by Gasteiger charge is 2.30. The maximum atomic E-state index is 12.7. The summed E-state index contributed by atoms with van der Waals surface area (Å²) in [7, 11) is -2.66. The zero-order valence-electron chi connectivity index (χ0n) is 14.1. The van der Waals surface area contributed by atoms with Gasteiger partial charge in [-0.15, -0.1) is 0 Å². The van der Waals surface area contributed by atoms with Gasteiger partial charge in [0.2, 0.25) is 15.9 Å². The molecule has 0 fully saturated rings. The molecule has 146 valence electrons. The van der Waals surface area contributed by atoms with E-state index in [1.807, 2.05) is 0 Å². The fraction of sp³-hybridized carbons (Fsp3) is 0.235. The van der Waals surface area contributed by atoms with Gasteiger partial charge in [0, 0.05) is 18.6 Å². The van der Waals surface area contributed by atoms with E-state index in [0.717, 1.165) is 16.4 Å². The van der Waals surface area contributed by atoms with Crippen molar-refractivity contribution in [1.82, 2.24) is 9.62 Å². The quantitative estimate of drug-likeness (QED) is 0.779. The number of hydrogen-bond donors (Lipinski definition) is 1. The third-order valence-electron chi connectivity index (χ3n) is 3.63. The summed E-state index contributed by atoms with van der Waals surface area (Å²) in [5.41, 5.74) is -0.571. The smallest absolute Gasteiger partial charge is 0.351 e. The number of likely N-dealkylation sites (N-methyl/N-ethyl adjacent to an activating group) is 1. The van der Waals surface area contributed by atoms with Gasteiger partial charge in [0.05, 0.1) is 17.0 Å². The van der Waals surface area contributed by atoms with E-state index in [2.05, 4.69) is 5.32 Å². The minimum atomic E-state index is -4.48. The Balaban J connectivity index is 1.98. The van der Waals surface area contributed by atoms with Gasteiger partial charge in [0.25, 0.3) is 0 Å². The Hall–Kier alpha value is -2.10. The minimum Gasteiger partial charge on any atom is -0.351 e. The zero-order valence-corrected chi connectivity index (χ0v) is 15.7. The van der Waals surface area contributed by atoms with Crippen molar-refractivity contribution in [3.63, 3.8) is 0 Å². The lowest BCUT2D eigenvalue weighted by Crippen LogP contribution is -2.38. The number of sulfonamides is 1. The summed E-state index contributed by atoms with van der Waals surface area (Å²) in [6.07, 6.45) is -4.48. The Kier molecular flexibility index (Phi) is 6.50. The molecule has 27 heavy (non-hydrogen) atoms. The van der Waals surface area contributed by atoms with E-state index in [4.69, 9.17) is 11.6 Å². The highest BCUT2D eigenvalue weighted by atomic mass is 35.5. The van der Waals surface area contributed by atoms with Gasteiger partial charge in [-0.2, -0.15) is 17.5 Å². The van der Waals surface area contributed by atoms with E-state index in [-0.39, 0.29) is 17.0 Å². The van der Waals surface area contributed by atoms with Crippen LogP contribution in [0.4, 0.5) is 13.2 Å². The van der Waals surface area contributed by atoms with Crippen LogP contribution in [0, 0.1) is 0 Å². The molecule has 0 bridgehead atoms. The van der Waals surface area contributed by atoms with Crippen LogP contribution >= 0.6 is 11.6 Å². The van der Waals surface area contributed by atoms with Gasteiger partial charge < -0.3 is 5.32 Å². The summed E-state index contributed by atoms with van der Waals surface area (Å²) in [6, 6.07) is 9.98. The number of rotatable bonds is 6. The number of carbonyl (C=O) groups is 1. The first-order valence-corrected chi connectivity index (χ1v) is 9.46. The maximum absolute atomic E-state index is 12.7. The number of amides is 1. The van der Waals surface area contributed by atoms with Gasteiger partial charge in [0.15, 0.2) is 0 Å². The van der Waals surface area contributed by atoms with Crippen molar-refractivity contribution < 1.29 is 26.4 Å². The minimum absolute atomic E-state index is 0.0277. The van der Waals surface area contributed by atoms with Crippen molar-refractivity contribution in [2.75, 3.05) is 13.6 Å². The lowest BCUT2D eigenvalue weighted by molar-refractivity contribution is -0.137. The molecular weight excluding hydrogens is 405 g/mol. The highest BCUT2D eigenvalue weighted by molar-refractivity contribution is 7.89. The van der Waals surface area contributed by atoms with Crippen LogP contribution in [-0.2, 0) is 27.5 Å². The molecule has 2 rings (SSSR count). The van der Waals surface area contributed by atoms with Crippen LogP contribution in [0.5, 0.6) is 0 Å². The average Bonchev–Trinajstić information content (AvgIpc) is 2.60. The monoisotopic (exact) mass is 420 g/mol. The predicted molar refractivity (Wildman–Crippen MR) is 94.6 cm³/mol. The van der Waals surface area contributed by atoms with E-state index >= 15 is 0 Å². The SMILES string of the molecule is CN(CC(=O)NCc1cccc(C(F)(F)F)c1)S(=O)(=O)c1ccc(Cl)cc1. The second-order valence-corrected chi connectivity index (χ2v) is 8.17. The van der Waals surface area contributed by atoms with Crippen LogP contribution in [0.3, 0.4) is 0 Å². The van der Waals surface area contributed by atoms with Crippen LogP contribution in [-0.4, -0.2) is 32.2 Å². The standard InChI is InChI=1S/C17H16ClF3N2O3S/c1-23(27(25,26)15-7-5-14(18)6-8-15)11-16(24)22-10-12-3-2-4-13(9-12)17(19,20)21/h2-9H,10-11H2,1H3,(H,22,24). The van der Waals surface area contributed by atoms with Crippen molar-refractivity contribution in [1.29, 1.82) is 0 Å². The molecule has 5 nitrogen and oxygen atoms in total. The van der Waals surface area contributed by atoms with E-state index < -0.39 is 34.2 Å². The Bertz CT molecular complexity index is 916. The van der Waals surface area contributed by atoms with Crippen molar-refractivity contribution >= 4 is 27.5 Å². The van der Waals surface area contributed by atoms with E-state index in [1.165, 1.54) is 43.4 Å². The Morgan fingerprint density at radius 2 is 1.78 bits per heavy atom. The molecule has 2 aromatic rings. The van der Waals surface area contributed by atoms with Crippen LogP contribution in [0.25, 0.3) is 0 Å². The molecule has 1 N–H and O–H groups in total. The largest absolute Gasteiger partial charge is 0.416 e. The van der Waals surface area contributed by atoms with Gasteiger partial charge in [-0.25, -0.2) is 8.42 Å². The molecule has 1 amide bonds. The number of alkyl halides is 3. The van der Waals surface area contributed by atoms with Crippen molar-refractivity contribution in [3.8, 4) is 0 Å². The fourth-order valence-electron chi connectivity index (χ4n) is 2.19. The normalized spacial score (nSPS) is 12.2. The molecule has 0 radical (unpaired) electrons. The van der Waals surface area contributed by atoms with Crippen LogP contribution in [0.2, 0.25) is 5.02 Å². The van der Waals surface area contributed by atoms with Crippen LogP contribution in [0.15, 0.2) is 53.4 Å². The third kappa shape index (κ3) is 5.69. The Morgan fingerprint density at radius 1 is 1.15 bits per heavy atom. The first-order valence-electron chi connectivity index (χ1n) is 7.65. The number of hydrogen-bond acceptors (Lipinski definition) is 3. The summed E-state index contributed by atoms with van der Waals surface area (Å²) in [5, 5.41) is 2.78. The number of carbonyl (C=O) groups excluding carboxylic acids is 1. The second-order valence-electron chi connectivity index (χ2n) is 5.69. The van der Waals surface area contributed by atoms with Gasteiger partial charge >= 0.3 is 6.18 Å². The fourth-order valence-corrected chi connectivity index (χ4v) is 3.44. The molecule has 0 saturated carbocycles. The van der Waals surface area contributed by atoms with Gasteiger partial charge in [-0.1, -0.05) is 23.7 Å². The summed E-state index contributed by atoms with van der Waals surface area (Å²) < 4.78 is 63.7. The molecule has 0 spiro atoms. The number of halogens is 4. The number of benzene rings is 2. The summed E-state index contributed by atoms with van der Waals surface area (Å²) in [4.78, 5) is 12.0. The van der Waals surface area contributed by atoms with Gasteiger partial charge in [-0.3, -0.25) is 4.79 Å². The maximum Gasteiger partial charge on any atom is 0.416 e. The topological polar surface area (TPSA) is 66.5 Å². The number of nitrogens with one attached hydrogen (secondary N) is 1. The molecule has 2 aromatic carbocycles. The Morgan fingerprint density at radius 3 is 2.37 bits per heavy atom. The van der Waals surface area contributed by atoms with Gasteiger partial charge in [-0.05, 0) is 42.0 Å². The lowest BCUT2D eigenvalue weighted by Gasteiger charge is -2.17. The van der Waals surface area contributed by atoms with Crippen LogP contribution in [0.1, 0.15) is 11.1 Å². The molecule has 0 heterocycles. The summed E-state index contributed by atoms with van der Waals surface area (Å²) in [6.45, 7) is -0.637. The summed E-state index contributed by atoms with van der Waals surface area (Å²) >= 11 is 5.72. The first kappa shape index (κ1) is 21.2. The molecule has 0 aliphatic carbocycles. The van der Waals surface area contributed by atoms with Crippen molar-refractivity contribution in [3.05, 3.63) is 64.7 Å². The summed E-state index contributed by atoms with van der Waals surface area (Å²) in [5.74, 6) is -0.646. The van der Waals surface area contributed by atoms with E-state index in [0.29, 0.717) is 5.02 Å². The average molecular weight is 421 g/mol. The number of nitrogens with zero attached hydrogens (tertiary/aromatic N) is 1. The molecule has 0 unspecified atom stereocenters. The molecule has 0 saturated heterocycles. The zero-order chi connectivity index (χ0) is 20.2. The van der Waals surface area contributed by atoms with Gasteiger partial charge in [0.1, 0.15) is 0 Å². The molecule has 0 atom stereocenters. The first-order chi connectivity index (χ1) is 12.5. The molecule has 0 aliphatic heterocycles.